The van der Waals surface area contributed by atoms with Crippen molar-refractivity contribution in [2.75, 3.05) is 13.2 Å². The zero-order valence-corrected chi connectivity index (χ0v) is 8.24. The molecule has 0 aliphatic heterocycles. The van der Waals surface area contributed by atoms with E-state index in [0.717, 1.165) is 0 Å². The van der Waals surface area contributed by atoms with Crippen LogP contribution in [-0.4, -0.2) is 41.8 Å². The van der Waals surface area contributed by atoms with Gasteiger partial charge in [0, 0.05) is 16.0 Å². The maximum absolute atomic E-state index is 10.5. The average molecular weight is 226 g/mol. The number of ether oxygens (including phenoxy) is 1. The highest BCUT2D eigenvalue weighted by molar-refractivity contribution is 7.79. The summed E-state index contributed by atoms with van der Waals surface area (Å²) in [5, 5.41) is 8.19. The van der Waals surface area contributed by atoms with Crippen molar-refractivity contribution in [1.82, 2.24) is 0 Å². The lowest BCUT2D eigenvalue weighted by atomic mass is 10.4. The Bertz CT molecular complexity index is 271. The second-order valence-electron chi connectivity index (χ2n) is 2.05. The van der Waals surface area contributed by atoms with Gasteiger partial charge in [0.2, 0.25) is 0 Å². The Hall–Kier alpha value is -0.960. The molecule has 0 aromatic rings. The average Bonchev–Trinajstić information content (AvgIpc) is 1.96. The van der Waals surface area contributed by atoms with Crippen LogP contribution in [0.2, 0.25) is 0 Å². The Labute approximate surface area is 81.6 Å². The zero-order valence-electron chi connectivity index (χ0n) is 7.43. The van der Waals surface area contributed by atoms with E-state index in [1.165, 1.54) is 0 Å². The number of aliphatic hydroxyl groups is 1. The first kappa shape index (κ1) is 15.5. The number of carbonyl (C=O) groups is 1. The van der Waals surface area contributed by atoms with Gasteiger partial charge in [-0.3, -0.25) is 8.42 Å². The first-order valence-corrected chi connectivity index (χ1v) is 4.62. The summed E-state index contributed by atoms with van der Waals surface area (Å²) in [6.07, 6.45) is 0. The largest absolute Gasteiger partial charge is 0.759 e. The number of aliphatic hydroxyl groups excluding tert-OH is 1. The van der Waals surface area contributed by atoms with E-state index in [9.17, 15) is 4.79 Å². The molecule has 0 saturated carbocycles. The highest BCUT2D eigenvalue weighted by atomic mass is 32.3. The maximum Gasteiger partial charge on any atom is 0.333 e. The third kappa shape index (κ3) is 22.5. The van der Waals surface area contributed by atoms with Gasteiger partial charge in [0.1, 0.15) is 6.61 Å². The Balaban J connectivity index is 0. The molecule has 7 nitrogen and oxygen atoms in total. The second-order valence-corrected chi connectivity index (χ2v) is 2.86. The lowest BCUT2D eigenvalue weighted by Crippen LogP contribution is -2.08. The van der Waals surface area contributed by atoms with E-state index in [0.29, 0.717) is 5.57 Å². The minimum Gasteiger partial charge on any atom is -0.759 e. The molecule has 0 saturated heterocycles. The Morgan fingerprint density at radius 1 is 1.50 bits per heavy atom. The molecule has 1 N–H and O–H groups in total. The predicted molar refractivity (Wildman–Crippen MR) is 43.3 cm³/mol. The fourth-order valence-corrected chi connectivity index (χ4v) is 0.262. The van der Waals surface area contributed by atoms with Crippen molar-refractivity contribution in [3.05, 3.63) is 12.2 Å². The molecule has 0 amide bonds. The maximum atomic E-state index is 10.5. The van der Waals surface area contributed by atoms with E-state index in [-0.39, 0.29) is 13.2 Å². The summed E-state index contributed by atoms with van der Waals surface area (Å²) in [4.78, 5) is 10.5. The molecule has 0 bridgehead atoms. The van der Waals surface area contributed by atoms with Gasteiger partial charge in [-0.25, -0.2) is 4.79 Å². The standard InChI is InChI=1S/C6H10O3.H2O4S/c1-5(2)6(8)9-4-3-7;1-5(2,3)4/h7H,1,3-4H2,2H3;(H2,1,2,3,4)/p-2. The van der Waals surface area contributed by atoms with Crippen LogP contribution in [0.4, 0.5) is 0 Å². The molecule has 0 aliphatic carbocycles. The summed E-state index contributed by atoms with van der Waals surface area (Å²) in [7, 11) is -5.17. The van der Waals surface area contributed by atoms with Gasteiger partial charge in [0.25, 0.3) is 0 Å². The molecule has 0 atom stereocenters. The van der Waals surface area contributed by atoms with Crippen LogP contribution in [0.15, 0.2) is 12.2 Å². The van der Waals surface area contributed by atoms with E-state index >= 15 is 0 Å². The molecule has 84 valence electrons. The van der Waals surface area contributed by atoms with Gasteiger partial charge in [-0.15, -0.1) is 0 Å². The number of carbonyl (C=O) groups excluding carboxylic acids is 1. The van der Waals surface area contributed by atoms with Crippen LogP contribution in [0.5, 0.6) is 0 Å². The van der Waals surface area contributed by atoms with Crippen LogP contribution in [0, 0.1) is 0 Å². The number of rotatable bonds is 3. The van der Waals surface area contributed by atoms with Crippen molar-refractivity contribution in [2.45, 2.75) is 6.92 Å². The molecular formula is C6H10O7S-2. The van der Waals surface area contributed by atoms with Crippen molar-refractivity contribution in [2.24, 2.45) is 0 Å². The minimum atomic E-state index is -5.17. The summed E-state index contributed by atoms with van der Waals surface area (Å²) in [6.45, 7) is 4.81. The lowest BCUT2D eigenvalue weighted by molar-refractivity contribution is -0.139. The van der Waals surface area contributed by atoms with Gasteiger partial charge in [-0.2, -0.15) is 0 Å². The van der Waals surface area contributed by atoms with Crippen molar-refractivity contribution in [3.8, 4) is 0 Å². The van der Waals surface area contributed by atoms with Gasteiger partial charge in [0.05, 0.1) is 6.61 Å². The summed E-state index contributed by atoms with van der Waals surface area (Å²) in [5.74, 6) is -0.455. The SMILES string of the molecule is C=C(C)C(=O)OCCO.O=S(=O)([O-])[O-]. The van der Waals surface area contributed by atoms with Crippen LogP contribution < -0.4 is 0 Å². The number of hydrogen-bond acceptors (Lipinski definition) is 7. The van der Waals surface area contributed by atoms with Crippen LogP contribution >= 0.6 is 0 Å². The Morgan fingerprint density at radius 2 is 1.86 bits per heavy atom. The molecule has 0 aromatic heterocycles. The smallest absolute Gasteiger partial charge is 0.333 e. The number of hydrogen-bond donors (Lipinski definition) is 1. The molecular weight excluding hydrogens is 216 g/mol. The summed E-state index contributed by atoms with van der Waals surface area (Å²) in [5.41, 5.74) is 0.350. The molecule has 0 unspecified atom stereocenters. The van der Waals surface area contributed by atoms with Crippen LogP contribution in [0.25, 0.3) is 0 Å². The third-order valence-electron chi connectivity index (χ3n) is 0.673. The molecule has 0 spiro atoms. The molecule has 14 heavy (non-hydrogen) atoms. The van der Waals surface area contributed by atoms with Gasteiger partial charge >= 0.3 is 5.97 Å². The molecule has 0 radical (unpaired) electrons. The van der Waals surface area contributed by atoms with Crippen molar-refractivity contribution >= 4 is 16.4 Å². The van der Waals surface area contributed by atoms with Crippen molar-refractivity contribution in [1.29, 1.82) is 0 Å². The predicted octanol–water partition coefficient (Wildman–Crippen LogP) is -1.24. The third-order valence-corrected chi connectivity index (χ3v) is 0.673. The van der Waals surface area contributed by atoms with Crippen LogP contribution in [-0.2, 0) is 19.9 Å². The van der Waals surface area contributed by atoms with Crippen LogP contribution in [0.3, 0.4) is 0 Å². The van der Waals surface area contributed by atoms with Gasteiger partial charge in [-0.1, -0.05) is 6.58 Å². The van der Waals surface area contributed by atoms with Crippen molar-refractivity contribution in [3.63, 3.8) is 0 Å². The summed E-state index contributed by atoms with van der Waals surface area (Å²) < 4.78 is 38.5. The minimum absolute atomic E-state index is 0.0473. The quantitative estimate of drug-likeness (QED) is 0.276. The number of esters is 1. The molecule has 0 fully saturated rings. The van der Waals surface area contributed by atoms with Gasteiger partial charge < -0.3 is 18.9 Å². The Kier molecular flexibility index (Phi) is 8.25. The second kappa shape index (κ2) is 7.44. The summed E-state index contributed by atoms with van der Waals surface area (Å²) >= 11 is 0. The normalized spacial score (nSPS) is 9.71. The highest BCUT2D eigenvalue weighted by Gasteiger charge is 1.99. The highest BCUT2D eigenvalue weighted by Crippen LogP contribution is 1.89. The topological polar surface area (TPSA) is 127 Å². The molecule has 8 heteroatoms. The summed E-state index contributed by atoms with van der Waals surface area (Å²) in [6, 6.07) is 0. The lowest BCUT2D eigenvalue weighted by Gasteiger charge is -2.06. The van der Waals surface area contributed by atoms with E-state index in [1.54, 1.807) is 6.92 Å². The van der Waals surface area contributed by atoms with Crippen LogP contribution in [0.1, 0.15) is 6.92 Å². The van der Waals surface area contributed by atoms with E-state index < -0.39 is 16.4 Å². The first-order valence-electron chi connectivity index (χ1n) is 3.28. The fourth-order valence-electron chi connectivity index (χ4n) is 0.262. The van der Waals surface area contributed by atoms with Crippen molar-refractivity contribution < 1.29 is 32.2 Å². The first-order chi connectivity index (χ1) is 6.18. The van der Waals surface area contributed by atoms with Gasteiger partial charge in [-0.05, 0) is 6.92 Å². The Morgan fingerprint density at radius 3 is 2.07 bits per heavy atom. The molecule has 0 rings (SSSR count). The molecule has 0 aliphatic rings. The van der Waals surface area contributed by atoms with Gasteiger partial charge in [0.15, 0.2) is 0 Å². The van der Waals surface area contributed by atoms with E-state index in [1.807, 2.05) is 0 Å². The monoisotopic (exact) mass is 226 g/mol. The zero-order chi connectivity index (χ0) is 11.8. The molecule has 0 heterocycles. The fraction of sp³-hybridized carbons (Fsp3) is 0.500. The van der Waals surface area contributed by atoms with E-state index in [2.05, 4.69) is 11.3 Å². The van der Waals surface area contributed by atoms with E-state index in [4.69, 9.17) is 22.6 Å². The molecule has 0 aromatic carbocycles.